The van der Waals surface area contributed by atoms with Crippen molar-refractivity contribution in [1.82, 2.24) is 10.3 Å². The maximum atomic E-state index is 4.66. The molecular formula is C29H40Br2CoN4. The molecule has 3 N–H and O–H groups in total. The smallest absolute Gasteiger partial charge is 1.00 e. The molecule has 0 spiro atoms. The van der Waals surface area contributed by atoms with Gasteiger partial charge in [-0.05, 0) is 59.6 Å². The summed E-state index contributed by atoms with van der Waals surface area (Å²) in [5.41, 5.74) is 10.5. The molecule has 199 valence electrons. The molecule has 0 fully saturated rings. The van der Waals surface area contributed by atoms with Crippen LogP contribution in [-0.2, 0) is 55.6 Å². The van der Waals surface area contributed by atoms with Crippen molar-refractivity contribution >= 4 is 11.4 Å². The predicted molar refractivity (Wildman–Crippen MR) is 142 cm³/mol. The predicted octanol–water partition coefficient (Wildman–Crippen LogP) is 0.151. The van der Waals surface area contributed by atoms with Gasteiger partial charge in [0.15, 0.2) is 0 Å². The number of rotatable bonds is 13. The number of benzene rings is 2. The van der Waals surface area contributed by atoms with E-state index in [-0.39, 0.29) is 50.7 Å². The van der Waals surface area contributed by atoms with Crippen molar-refractivity contribution < 1.29 is 50.7 Å². The molecule has 1 aromatic heterocycles. The maximum Gasteiger partial charge on any atom is 2.00 e. The molecule has 0 aliphatic carbocycles. The van der Waals surface area contributed by atoms with E-state index in [0.717, 1.165) is 57.6 Å². The van der Waals surface area contributed by atoms with Crippen LogP contribution < -0.4 is 49.9 Å². The van der Waals surface area contributed by atoms with E-state index in [4.69, 9.17) is 0 Å². The molecule has 1 heterocycles. The van der Waals surface area contributed by atoms with Crippen molar-refractivity contribution in [2.24, 2.45) is 0 Å². The Morgan fingerprint density at radius 1 is 0.583 bits per heavy atom. The minimum Gasteiger partial charge on any atom is -1.00 e. The largest absolute Gasteiger partial charge is 2.00 e. The number of aryl methyl sites for hydroxylation is 4. The van der Waals surface area contributed by atoms with E-state index in [9.17, 15) is 0 Å². The second kappa shape index (κ2) is 18.8. The van der Waals surface area contributed by atoms with Crippen LogP contribution in [0.2, 0.25) is 0 Å². The van der Waals surface area contributed by atoms with Crippen LogP contribution in [0, 0.1) is 0 Å². The average molecular weight is 663 g/mol. The number of nitrogens with one attached hydrogen (secondary N) is 3. The monoisotopic (exact) mass is 661 g/mol. The third-order valence-electron chi connectivity index (χ3n) is 6.33. The molecule has 4 nitrogen and oxygen atoms in total. The molecule has 7 heteroatoms. The molecule has 0 atom stereocenters. The molecule has 0 aliphatic heterocycles. The van der Waals surface area contributed by atoms with Gasteiger partial charge in [-0.15, -0.1) is 0 Å². The average Bonchev–Trinajstić information content (AvgIpc) is 2.87. The van der Waals surface area contributed by atoms with Crippen molar-refractivity contribution in [3.63, 3.8) is 0 Å². The summed E-state index contributed by atoms with van der Waals surface area (Å²) in [4.78, 5) is 4.66. The van der Waals surface area contributed by atoms with E-state index in [1.807, 2.05) is 12.3 Å². The minimum absolute atomic E-state index is 0. The molecule has 1 radical (unpaired) electrons. The van der Waals surface area contributed by atoms with Crippen LogP contribution in [0.1, 0.15) is 61.2 Å². The first-order valence-electron chi connectivity index (χ1n) is 12.5. The maximum absolute atomic E-state index is 4.66. The molecular weight excluding hydrogens is 623 g/mol. The molecule has 0 unspecified atom stereocenters. The van der Waals surface area contributed by atoms with E-state index in [1.165, 1.54) is 39.2 Å². The number of pyridine rings is 1. The summed E-state index contributed by atoms with van der Waals surface area (Å²) in [5, 5.41) is 10.9. The SMILES string of the molecule is CCc1cccc(CC)c1NCCNCc1ncccc1CNc1c(CC)cccc1CC.[Br-].[Br-].[Co+2]. The van der Waals surface area contributed by atoms with Gasteiger partial charge in [-0.2, -0.15) is 0 Å². The Morgan fingerprint density at radius 2 is 1.06 bits per heavy atom. The van der Waals surface area contributed by atoms with E-state index >= 15 is 0 Å². The number of anilines is 2. The number of aromatic nitrogens is 1. The van der Waals surface area contributed by atoms with Crippen molar-refractivity contribution in [1.29, 1.82) is 0 Å². The molecule has 3 aromatic rings. The summed E-state index contributed by atoms with van der Waals surface area (Å²) in [5.74, 6) is 0. The molecule has 2 aromatic carbocycles. The van der Waals surface area contributed by atoms with Gasteiger partial charge in [0, 0.05) is 43.8 Å². The first-order valence-corrected chi connectivity index (χ1v) is 12.5. The number of hydrogen-bond acceptors (Lipinski definition) is 4. The van der Waals surface area contributed by atoms with Gasteiger partial charge in [0.25, 0.3) is 0 Å². The van der Waals surface area contributed by atoms with E-state index in [0.29, 0.717) is 0 Å². The first-order chi connectivity index (χ1) is 16.2. The van der Waals surface area contributed by atoms with Crippen LogP contribution in [0.5, 0.6) is 0 Å². The summed E-state index contributed by atoms with van der Waals surface area (Å²) in [6, 6.07) is 17.4. The second-order valence-electron chi connectivity index (χ2n) is 8.38. The number of para-hydroxylation sites is 2. The van der Waals surface area contributed by atoms with Crippen molar-refractivity contribution in [2.75, 3.05) is 23.7 Å². The molecule has 0 saturated carbocycles. The second-order valence-corrected chi connectivity index (χ2v) is 8.38. The van der Waals surface area contributed by atoms with E-state index in [2.05, 4.69) is 91.1 Å². The minimum atomic E-state index is 0. The molecule has 3 rings (SSSR count). The van der Waals surface area contributed by atoms with Gasteiger partial charge >= 0.3 is 16.8 Å². The Balaban J connectivity index is 0.00000408. The third kappa shape index (κ3) is 9.49. The molecule has 36 heavy (non-hydrogen) atoms. The van der Waals surface area contributed by atoms with Crippen LogP contribution in [0.4, 0.5) is 11.4 Å². The summed E-state index contributed by atoms with van der Waals surface area (Å²) in [6.45, 7) is 12.2. The van der Waals surface area contributed by atoms with Gasteiger partial charge < -0.3 is 49.9 Å². The van der Waals surface area contributed by atoms with Gasteiger partial charge in [0.2, 0.25) is 0 Å². The zero-order valence-corrected chi connectivity index (χ0v) is 26.1. The quantitative estimate of drug-likeness (QED) is 0.228. The fourth-order valence-corrected chi connectivity index (χ4v) is 4.40. The third-order valence-corrected chi connectivity index (χ3v) is 6.33. The van der Waals surface area contributed by atoms with Gasteiger partial charge in [0.1, 0.15) is 0 Å². The van der Waals surface area contributed by atoms with Gasteiger partial charge in [-0.25, -0.2) is 0 Å². The fourth-order valence-electron chi connectivity index (χ4n) is 4.40. The topological polar surface area (TPSA) is 49.0 Å². The molecule has 0 saturated heterocycles. The van der Waals surface area contributed by atoms with Gasteiger partial charge in [-0.3, -0.25) is 4.98 Å². The van der Waals surface area contributed by atoms with Gasteiger partial charge in [-0.1, -0.05) is 70.2 Å². The summed E-state index contributed by atoms with van der Waals surface area (Å²) >= 11 is 0. The van der Waals surface area contributed by atoms with E-state index < -0.39 is 0 Å². The van der Waals surface area contributed by atoms with E-state index in [1.54, 1.807) is 0 Å². The normalized spacial score (nSPS) is 10.0. The summed E-state index contributed by atoms with van der Waals surface area (Å²) < 4.78 is 0. The van der Waals surface area contributed by atoms with Gasteiger partial charge in [0.05, 0.1) is 5.69 Å². The number of halogens is 2. The molecule has 0 amide bonds. The zero-order chi connectivity index (χ0) is 23.5. The standard InChI is InChI=1S/C29H40N4.2BrH.Co/c1-5-22-12-9-13-23(6-2)28(22)32-19-18-30-21-27-26(16-11-17-31-27)20-33-29-24(7-3)14-10-15-25(29)8-4;;;/h9-17,30,32-33H,5-8,18-21H2,1-4H3;2*1H;/q;;;+2/p-2. The summed E-state index contributed by atoms with van der Waals surface area (Å²) in [7, 11) is 0. The van der Waals surface area contributed by atoms with Crippen molar-refractivity contribution in [2.45, 2.75) is 66.5 Å². The van der Waals surface area contributed by atoms with Crippen LogP contribution in [-0.4, -0.2) is 18.1 Å². The van der Waals surface area contributed by atoms with Crippen LogP contribution in [0.3, 0.4) is 0 Å². The fraction of sp³-hybridized carbons (Fsp3) is 0.414. The van der Waals surface area contributed by atoms with Crippen LogP contribution in [0.15, 0.2) is 54.7 Å². The zero-order valence-electron chi connectivity index (χ0n) is 21.9. The Morgan fingerprint density at radius 3 is 1.56 bits per heavy atom. The van der Waals surface area contributed by atoms with Crippen LogP contribution in [0.25, 0.3) is 0 Å². The first kappa shape index (κ1) is 34.6. The van der Waals surface area contributed by atoms with Crippen LogP contribution >= 0.6 is 0 Å². The van der Waals surface area contributed by atoms with Crippen molar-refractivity contribution in [3.05, 3.63) is 88.2 Å². The molecule has 0 bridgehead atoms. The Hall–Kier alpha value is -1.38. The Bertz CT molecular complexity index is 985. The Labute approximate surface area is 249 Å². The number of nitrogens with zero attached hydrogens (tertiary/aromatic N) is 1. The number of hydrogen-bond donors (Lipinski definition) is 3. The molecule has 0 aliphatic rings. The Kier molecular flexibility index (Phi) is 18.1. The van der Waals surface area contributed by atoms with Crippen molar-refractivity contribution in [3.8, 4) is 0 Å². The summed E-state index contributed by atoms with van der Waals surface area (Å²) in [6.07, 6.45) is 6.06.